The molecule has 1 amide bonds. The Bertz CT molecular complexity index is 1160. The zero-order chi connectivity index (χ0) is 22.9. The Hall–Kier alpha value is -3.13. The number of anilines is 1. The number of halogens is 1. The van der Waals surface area contributed by atoms with E-state index in [1.165, 1.54) is 17.7 Å². The molecule has 0 N–H and O–H groups in total. The van der Waals surface area contributed by atoms with E-state index in [1.807, 2.05) is 17.8 Å². The van der Waals surface area contributed by atoms with Crippen LogP contribution in [0.25, 0.3) is 0 Å². The minimum atomic E-state index is -0.282. The van der Waals surface area contributed by atoms with E-state index >= 15 is 0 Å². The second-order valence-electron chi connectivity index (χ2n) is 8.91. The molecule has 1 fully saturated rings. The van der Waals surface area contributed by atoms with Crippen molar-refractivity contribution in [3.8, 4) is 0 Å². The number of fused-ring (bicyclic) bond motifs is 1. The fourth-order valence-corrected chi connectivity index (χ4v) is 4.89. The molecule has 1 unspecified atom stereocenters. The van der Waals surface area contributed by atoms with Crippen molar-refractivity contribution in [3.05, 3.63) is 70.7 Å². The molecule has 0 spiro atoms. The fourth-order valence-electron chi connectivity index (χ4n) is 4.89. The molecule has 1 atom stereocenters. The monoisotopic (exact) mass is 448 g/mol. The Labute approximate surface area is 193 Å². The van der Waals surface area contributed by atoms with Gasteiger partial charge in [-0.3, -0.25) is 19.3 Å². The van der Waals surface area contributed by atoms with E-state index in [0.29, 0.717) is 25.2 Å². The lowest BCUT2D eigenvalue weighted by molar-refractivity contribution is -0.119. The van der Waals surface area contributed by atoms with Crippen molar-refractivity contribution in [1.82, 2.24) is 24.6 Å². The molecule has 172 valence electrons. The van der Waals surface area contributed by atoms with Gasteiger partial charge in [0.25, 0.3) is 0 Å². The van der Waals surface area contributed by atoms with Crippen molar-refractivity contribution >= 4 is 11.7 Å². The minimum Gasteiger partial charge on any atom is -0.292 e. The van der Waals surface area contributed by atoms with Gasteiger partial charge >= 0.3 is 0 Å². The average Bonchev–Trinajstić information content (AvgIpc) is 3.46. The molecule has 0 radical (unpaired) electrons. The van der Waals surface area contributed by atoms with Crippen LogP contribution in [0.15, 0.2) is 36.7 Å². The Morgan fingerprint density at radius 3 is 2.67 bits per heavy atom. The largest absolute Gasteiger partial charge is 0.292 e. The lowest BCUT2D eigenvalue weighted by Crippen LogP contribution is -2.37. The summed E-state index contributed by atoms with van der Waals surface area (Å²) >= 11 is 0. The molecule has 8 heteroatoms. The van der Waals surface area contributed by atoms with Crippen molar-refractivity contribution in [1.29, 1.82) is 0 Å². The number of likely N-dealkylation sites (tertiary alicyclic amines) is 1. The maximum atomic E-state index is 13.4. The summed E-state index contributed by atoms with van der Waals surface area (Å²) in [6, 6.07) is 6.42. The van der Waals surface area contributed by atoms with Crippen LogP contribution >= 0.6 is 0 Å². The molecule has 2 aliphatic heterocycles. The second kappa shape index (κ2) is 9.02. The molecule has 1 aromatic carbocycles. The number of rotatable bonds is 6. The van der Waals surface area contributed by atoms with Crippen LogP contribution in [0, 0.1) is 12.7 Å². The normalized spacial score (nSPS) is 18.7. The first-order valence-corrected chi connectivity index (χ1v) is 11.7. The fraction of sp³-hybridized carbons (Fsp3) is 0.440. The van der Waals surface area contributed by atoms with Gasteiger partial charge in [-0.2, -0.15) is 5.10 Å². The highest BCUT2D eigenvalue weighted by molar-refractivity contribution is 5.95. The maximum absolute atomic E-state index is 13.4. The SMILES string of the molecule is CCn1cc(CN2CCCC2c2nc(C)c3c(n2)N(Cc2ccc(F)cc2)C(=O)CC3)cn1. The van der Waals surface area contributed by atoms with Crippen LogP contribution in [0.4, 0.5) is 10.2 Å². The van der Waals surface area contributed by atoms with Crippen molar-refractivity contribution in [3.63, 3.8) is 0 Å². The maximum Gasteiger partial charge on any atom is 0.228 e. The summed E-state index contributed by atoms with van der Waals surface area (Å²) in [6.45, 7) is 7.13. The zero-order valence-electron chi connectivity index (χ0n) is 19.2. The van der Waals surface area contributed by atoms with E-state index in [4.69, 9.17) is 9.97 Å². The summed E-state index contributed by atoms with van der Waals surface area (Å²) in [5.41, 5.74) is 4.05. The molecule has 7 nitrogen and oxygen atoms in total. The topological polar surface area (TPSA) is 67.2 Å². The quantitative estimate of drug-likeness (QED) is 0.571. The number of aryl methyl sites for hydroxylation is 2. The molecule has 2 aromatic heterocycles. The lowest BCUT2D eigenvalue weighted by Gasteiger charge is -2.31. The van der Waals surface area contributed by atoms with Crippen LogP contribution in [-0.2, 0) is 30.8 Å². The van der Waals surface area contributed by atoms with Crippen molar-refractivity contribution < 1.29 is 9.18 Å². The van der Waals surface area contributed by atoms with E-state index in [-0.39, 0.29) is 17.8 Å². The molecule has 1 saturated heterocycles. The summed E-state index contributed by atoms with van der Waals surface area (Å²) in [5, 5.41) is 4.40. The predicted molar refractivity (Wildman–Crippen MR) is 123 cm³/mol. The summed E-state index contributed by atoms with van der Waals surface area (Å²) in [5.74, 6) is 1.26. The third-order valence-corrected chi connectivity index (χ3v) is 6.67. The van der Waals surface area contributed by atoms with E-state index in [0.717, 1.165) is 55.1 Å². The second-order valence-corrected chi connectivity index (χ2v) is 8.91. The van der Waals surface area contributed by atoms with E-state index < -0.39 is 0 Å². The Morgan fingerprint density at radius 1 is 1.09 bits per heavy atom. The van der Waals surface area contributed by atoms with Crippen LogP contribution < -0.4 is 4.90 Å². The van der Waals surface area contributed by atoms with E-state index in [2.05, 4.69) is 23.1 Å². The number of hydrogen-bond donors (Lipinski definition) is 0. The third-order valence-electron chi connectivity index (χ3n) is 6.67. The van der Waals surface area contributed by atoms with Crippen molar-refractivity contribution in [2.45, 2.75) is 65.2 Å². The minimum absolute atomic E-state index is 0.0473. The van der Waals surface area contributed by atoms with Gasteiger partial charge in [-0.05, 0) is 57.4 Å². The number of benzene rings is 1. The molecule has 0 bridgehead atoms. The summed E-state index contributed by atoms with van der Waals surface area (Å²) in [7, 11) is 0. The summed E-state index contributed by atoms with van der Waals surface area (Å²) in [4.78, 5) is 26.9. The molecular formula is C25H29FN6O. The van der Waals surface area contributed by atoms with E-state index in [1.54, 1.807) is 17.0 Å². The standard InChI is InChI=1S/C25H29FN6O/c1-3-31-15-19(13-27-31)14-30-12-4-5-22(30)24-28-17(2)21-10-11-23(33)32(25(21)29-24)16-18-6-8-20(26)9-7-18/h6-9,13,15,22H,3-5,10-12,14,16H2,1-2H3. The van der Waals surface area contributed by atoms with Gasteiger partial charge in [-0.15, -0.1) is 0 Å². The number of aromatic nitrogens is 4. The Kier molecular flexibility index (Phi) is 5.93. The molecule has 2 aliphatic rings. The molecule has 5 rings (SSSR count). The molecular weight excluding hydrogens is 419 g/mol. The number of nitrogens with zero attached hydrogens (tertiary/aromatic N) is 6. The van der Waals surface area contributed by atoms with Crippen LogP contribution in [0.3, 0.4) is 0 Å². The smallest absolute Gasteiger partial charge is 0.228 e. The predicted octanol–water partition coefficient (Wildman–Crippen LogP) is 3.96. The molecule has 4 heterocycles. The molecule has 0 saturated carbocycles. The van der Waals surface area contributed by atoms with E-state index in [9.17, 15) is 9.18 Å². The van der Waals surface area contributed by atoms with Gasteiger partial charge in [0.05, 0.1) is 18.8 Å². The number of hydrogen-bond acceptors (Lipinski definition) is 5. The van der Waals surface area contributed by atoms with Gasteiger partial charge in [-0.1, -0.05) is 12.1 Å². The summed E-state index contributed by atoms with van der Waals surface area (Å²) in [6.07, 6.45) is 7.20. The van der Waals surface area contributed by atoms with Crippen molar-refractivity contribution in [2.75, 3.05) is 11.4 Å². The first-order valence-electron chi connectivity index (χ1n) is 11.7. The van der Waals surface area contributed by atoms with Crippen LogP contribution in [0.5, 0.6) is 0 Å². The number of amides is 1. The molecule has 0 aliphatic carbocycles. The summed E-state index contributed by atoms with van der Waals surface area (Å²) < 4.78 is 15.3. The molecule has 3 aromatic rings. The van der Waals surface area contributed by atoms with Crippen LogP contribution in [-0.4, -0.2) is 37.1 Å². The van der Waals surface area contributed by atoms with Gasteiger partial charge in [0.2, 0.25) is 5.91 Å². The van der Waals surface area contributed by atoms with Crippen LogP contribution in [0.2, 0.25) is 0 Å². The van der Waals surface area contributed by atoms with Crippen molar-refractivity contribution in [2.24, 2.45) is 0 Å². The van der Waals surface area contributed by atoms with Gasteiger partial charge < -0.3 is 0 Å². The lowest BCUT2D eigenvalue weighted by atomic mass is 10.0. The Morgan fingerprint density at radius 2 is 1.91 bits per heavy atom. The number of carbonyl (C=O) groups excluding carboxylic acids is 1. The third kappa shape index (κ3) is 4.39. The first-order chi connectivity index (χ1) is 16.0. The zero-order valence-corrected chi connectivity index (χ0v) is 19.2. The number of carbonyl (C=O) groups is 1. The highest BCUT2D eigenvalue weighted by Crippen LogP contribution is 2.35. The van der Waals surface area contributed by atoms with Gasteiger partial charge in [0.1, 0.15) is 17.5 Å². The van der Waals surface area contributed by atoms with Gasteiger partial charge in [0, 0.05) is 42.5 Å². The highest BCUT2D eigenvalue weighted by atomic mass is 19.1. The molecule has 33 heavy (non-hydrogen) atoms. The first kappa shape index (κ1) is 21.7. The Balaban J connectivity index is 1.44. The van der Waals surface area contributed by atoms with Crippen LogP contribution in [0.1, 0.15) is 60.4 Å². The average molecular weight is 449 g/mol. The van der Waals surface area contributed by atoms with Gasteiger partial charge in [-0.25, -0.2) is 14.4 Å². The van der Waals surface area contributed by atoms with Gasteiger partial charge in [0.15, 0.2) is 0 Å². The highest BCUT2D eigenvalue weighted by Gasteiger charge is 2.33.